The third-order valence-electron chi connectivity index (χ3n) is 16.8. The number of carbonyl (C=O) groups is 1. The average Bonchev–Trinajstić information content (AvgIpc) is 3.70. The maximum absolute atomic E-state index is 13.4. The molecule has 0 radical (unpaired) electrons. The van der Waals surface area contributed by atoms with Crippen molar-refractivity contribution in [3.05, 3.63) is 48.6 Å². The minimum Gasteiger partial charge on any atom is -0.394 e. The topological polar surface area (TPSA) is 307 Å². The van der Waals surface area contributed by atoms with Crippen LogP contribution in [0.1, 0.15) is 239 Å². The van der Waals surface area contributed by atoms with Gasteiger partial charge in [-0.15, -0.1) is 0 Å². The maximum atomic E-state index is 13.4. The Morgan fingerprint density at radius 2 is 0.779 bits per heavy atom. The van der Waals surface area contributed by atoms with Crippen LogP contribution in [0.25, 0.3) is 0 Å². The molecular formula is C67H121NO18. The van der Waals surface area contributed by atoms with Crippen molar-refractivity contribution >= 4 is 5.91 Å². The minimum absolute atomic E-state index is 0.234. The van der Waals surface area contributed by atoms with Gasteiger partial charge in [-0.05, 0) is 64.2 Å². The van der Waals surface area contributed by atoms with Crippen molar-refractivity contribution in [2.45, 2.75) is 343 Å². The zero-order valence-corrected chi connectivity index (χ0v) is 52.8. The summed E-state index contributed by atoms with van der Waals surface area (Å²) >= 11 is 0. The highest BCUT2D eigenvalue weighted by Crippen LogP contribution is 2.33. The van der Waals surface area contributed by atoms with Gasteiger partial charge in [-0.25, -0.2) is 0 Å². The Morgan fingerprint density at radius 3 is 1.23 bits per heavy atom. The molecule has 0 saturated carbocycles. The Balaban J connectivity index is 1.44. The molecule has 0 aliphatic carbocycles. The van der Waals surface area contributed by atoms with E-state index in [-0.39, 0.29) is 18.9 Å². The second kappa shape index (κ2) is 49.5. The number of hydrogen-bond donors (Lipinski definition) is 12. The molecule has 3 rings (SSSR count). The molecule has 0 spiro atoms. The van der Waals surface area contributed by atoms with Gasteiger partial charge in [0.25, 0.3) is 0 Å². The van der Waals surface area contributed by atoms with E-state index in [9.17, 15) is 61.0 Å². The number of carbonyl (C=O) groups excluding carboxylic acids is 1. The van der Waals surface area contributed by atoms with Gasteiger partial charge in [0.2, 0.25) is 5.91 Å². The summed E-state index contributed by atoms with van der Waals surface area (Å²) < 4.78 is 34.3. The third-order valence-corrected chi connectivity index (χ3v) is 16.8. The van der Waals surface area contributed by atoms with E-state index in [2.05, 4.69) is 55.6 Å². The van der Waals surface area contributed by atoms with Crippen molar-refractivity contribution in [2.75, 3.05) is 26.4 Å². The van der Waals surface area contributed by atoms with Crippen molar-refractivity contribution in [3.63, 3.8) is 0 Å². The van der Waals surface area contributed by atoms with Crippen molar-refractivity contribution in [1.82, 2.24) is 5.32 Å². The summed E-state index contributed by atoms with van der Waals surface area (Å²) in [5.41, 5.74) is 0. The molecule has 0 aromatic carbocycles. The lowest BCUT2D eigenvalue weighted by Crippen LogP contribution is -2.66. The summed E-state index contributed by atoms with van der Waals surface area (Å²) in [5.74, 6) is -0.286. The standard InChI is InChI=1S/C67H121NO18/c1-3-5-7-9-11-13-15-17-19-21-22-23-24-25-26-27-28-29-31-33-35-37-39-41-43-45-55(73)68-50(51(72)44-42-40-38-36-34-32-30-20-18-16-14-12-10-8-6-4-2)49-81-65-61(79)58(76)63(53(47-70)83-65)86-67-62(80)59(77)64(54(48-71)84-67)85-66-60(78)57(75)56(74)52(46-69)82-66/h15,17,21-22,34,36,42,44,50-54,56-67,69-72,74-80H,3-14,16,18-20,23-33,35,37-41,43,45-49H2,1-2H3,(H,68,73)/b17-15-,22-21-,36-34+,44-42+. The lowest BCUT2D eigenvalue weighted by atomic mass is 9.96. The van der Waals surface area contributed by atoms with Crippen molar-refractivity contribution in [1.29, 1.82) is 0 Å². The molecule has 502 valence electrons. The molecule has 1 amide bonds. The Morgan fingerprint density at radius 1 is 0.419 bits per heavy atom. The van der Waals surface area contributed by atoms with Gasteiger partial charge in [0.05, 0.1) is 38.6 Å². The SMILES string of the molecule is CCCCCCC/C=C\C/C=C\CCCCCCCCCCCCCCCC(=O)NC(COC1OC(CO)C(OC2OC(CO)C(OC3OC(CO)C(O)C(O)C3O)C(O)C2O)C(O)C1O)C(O)/C=C/CC/C=C/CCCCCCCCCCCC. The second-order valence-electron chi connectivity index (χ2n) is 24.3. The first kappa shape index (κ1) is 78.0. The van der Waals surface area contributed by atoms with E-state index in [0.717, 1.165) is 44.9 Å². The molecular weight excluding hydrogens is 1110 g/mol. The van der Waals surface area contributed by atoms with Gasteiger partial charge < -0.3 is 89.9 Å². The van der Waals surface area contributed by atoms with E-state index in [1.54, 1.807) is 6.08 Å². The molecule has 0 aromatic rings. The van der Waals surface area contributed by atoms with Crippen molar-refractivity contribution in [2.24, 2.45) is 0 Å². The number of unbranched alkanes of at least 4 members (excludes halogenated alkanes) is 29. The Labute approximate surface area is 516 Å². The van der Waals surface area contributed by atoms with Gasteiger partial charge in [-0.1, -0.05) is 217 Å². The fourth-order valence-electron chi connectivity index (χ4n) is 11.3. The highest BCUT2D eigenvalue weighted by Gasteiger charge is 2.53. The summed E-state index contributed by atoms with van der Waals surface area (Å²) in [6.07, 6.45) is 30.9. The Hall–Kier alpha value is -2.25. The number of rotatable bonds is 51. The largest absolute Gasteiger partial charge is 0.394 e. The van der Waals surface area contributed by atoms with E-state index in [1.807, 2.05) is 6.08 Å². The number of ether oxygens (including phenoxy) is 6. The molecule has 19 heteroatoms. The first-order valence-corrected chi connectivity index (χ1v) is 33.9. The van der Waals surface area contributed by atoms with Gasteiger partial charge >= 0.3 is 0 Å². The zero-order chi connectivity index (χ0) is 62.6. The van der Waals surface area contributed by atoms with Crippen LogP contribution in [0.2, 0.25) is 0 Å². The molecule has 3 saturated heterocycles. The molecule has 12 N–H and O–H groups in total. The monoisotopic (exact) mass is 1230 g/mol. The second-order valence-corrected chi connectivity index (χ2v) is 24.3. The summed E-state index contributed by atoms with van der Waals surface area (Å²) in [6, 6.07) is -0.991. The number of aliphatic hydroxyl groups is 11. The fraction of sp³-hybridized carbons (Fsp3) is 0.866. The quantitative estimate of drug-likeness (QED) is 0.0202. The van der Waals surface area contributed by atoms with E-state index in [4.69, 9.17) is 28.4 Å². The maximum Gasteiger partial charge on any atom is 0.220 e. The molecule has 3 aliphatic heterocycles. The van der Waals surface area contributed by atoms with Crippen LogP contribution in [0.3, 0.4) is 0 Å². The number of amides is 1. The van der Waals surface area contributed by atoms with Gasteiger partial charge in [-0.2, -0.15) is 0 Å². The van der Waals surface area contributed by atoms with Gasteiger partial charge in [0.15, 0.2) is 18.9 Å². The summed E-state index contributed by atoms with van der Waals surface area (Å²) in [4.78, 5) is 13.4. The van der Waals surface area contributed by atoms with Crippen LogP contribution in [-0.2, 0) is 33.2 Å². The number of allylic oxidation sites excluding steroid dienone is 7. The van der Waals surface area contributed by atoms with Gasteiger partial charge in [0, 0.05) is 6.42 Å². The van der Waals surface area contributed by atoms with Crippen LogP contribution in [0, 0.1) is 0 Å². The van der Waals surface area contributed by atoms with Crippen LogP contribution in [-0.4, -0.2) is 193 Å². The summed E-state index contributed by atoms with van der Waals surface area (Å²) in [6.45, 7) is 1.70. The average molecular weight is 1230 g/mol. The number of aliphatic hydroxyl groups excluding tert-OH is 11. The highest BCUT2D eigenvalue weighted by molar-refractivity contribution is 5.76. The molecule has 86 heavy (non-hydrogen) atoms. The fourth-order valence-corrected chi connectivity index (χ4v) is 11.3. The van der Waals surface area contributed by atoms with Gasteiger partial charge in [-0.3, -0.25) is 4.79 Å². The van der Waals surface area contributed by atoms with E-state index in [1.165, 1.54) is 161 Å². The zero-order valence-electron chi connectivity index (χ0n) is 52.8. The van der Waals surface area contributed by atoms with Crippen molar-refractivity contribution in [3.8, 4) is 0 Å². The highest BCUT2D eigenvalue weighted by atomic mass is 16.8. The predicted octanol–water partition coefficient (Wildman–Crippen LogP) is 8.22. The first-order chi connectivity index (χ1) is 41.8. The Bertz CT molecular complexity index is 1750. The number of hydrogen-bond acceptors (Lipinski definition) is 18. The van der Waals surface area contributed by atoms with Gasteiger partial charge in [0.1, 0.15) is 73.2 Å². The third kappa shape index (κ3) is 31.7. The normalized spacial score (nSPS) is 29.1. The Kier molecular flexibility index (Phi) is 44.8. The van der Waals surface area contributed by atoms with Crippen LogP contribution in [0.5, 0.6) is 0 Å². The van der Waals surface area contributed by atoms with Crippen LogP contribution in [0.15, 0.2) is 48.6 Å². The van der Waals surface area contributed by atoms with Crippen LogP contribution < -0.4 is 5.32 Å². The molecule has 19 nitrogen and oxygen atoms in total. The van der Waals surface area contributed by atoms with E-state index < -0.39 is 124 Å². The molecule has 17 unspecified atom stereocenters. The molecule has 3 aliphatic rings. The molecule has 0 aromatic heterocycles. The molecule has 0 bridgehead atoms. The van der Waals surface area contributed by atoms with E-state index >= 15 is 0 Å². The minimum atomic E-state index is -1.98. The smallest absolute Gasteiger partial charge is 0.220 e. The first-order valence-electron chi connectivity index (χ1n) is 33.9. The number of nitrogens with one attached hydrogen (secondary N) is 1. The van der Waals surface area contributed by atoms with E-state index in [0.29, 0.717) is 12.8 Å². The van der Waals surface area contributed by atoms with Crippen LogP contribution >= 0.6 is 0 Å². The predicted molar refractivity (Wildman–Crippen MR) is 332 cm³/mol. The lowest BCUT2D eigenvalue weighted by molar-refractivity contribution is -0.379. The summed E-state index contributed by atoms with van der Waals surface area (Å²) in [5, 5.41) is 120. The molecule has 17 atom stereocenters. The van der Waals surface area contributed by atoms with Crippen molar-refractivity contribution < 1.29 is 89.4 Å². The van der Waals surface area contributed by atoms with Crippen LogP contribution in [0.4, 0.5) is 0 Å². The summed E-state index contributed by atoms with van der Waals surface area (Å²) in [7, 11) is 0. The molecule has 3 heterocycles. The lowest BCUT2D eigenvalue weighted by Gasteiger charge is -2.48. The molecule has 3 fully saturated rings.